The first-order valence-electron chi connectivity index (χ1n) is 36.1. The van der Waals surface area contributed by atoms with Gasteiger partial charge in [0, 0.05) is 126 Å². The summed E-state index contributed by atoms with van der Waals surface area (Å²) in [7, 11) is 0.608. The summed E-state index contributed by atoms with van der Waals surface area (Å²) in [6, 6.07) is 25.3. The van der Waals surface area contributed by atoms with Gasteiger partial charge in [0.2, 0.25) is 31.8 Å². The molecule has 7 aliphatic rings. The van der Waals surface area contributed by atoms with E-state index in [0.717, 1.165) is 118 Å². The van der Waals surface area contributed by atoms with Crippen molar-refractivity contribution in [1.82, 2.24) is 49.8 Å². The number of rotatable bonds is 21. The quantitative estimate of drug-likeness (QED) is 0.0212. The molecule has 7 fully saturated rings. The molecule has 2 aromatic carbocycles. The van der Waals surface area contributed by atoms with Crippen LogP contribution < -0.4 is 68.3 Å². The standard InChI is InChI=1S/C23H29N3O3.C22H27N3O3.C16H22ClN3O3.C9H8Cl2N2O3.C5H4Cl2N2O2S.Na/c1-4-17-6-5-13-26(15-17)20-14-19(18-9-7-16(2)8-10-18)24-22(25-20)29-23(11-12-23)21(27)28-3;1-3-16-5-4-12-25(14-16)19-13-18(17-8-6-15(2)7-9-17)23-21(24-19)28-22(10-11-22)20(26)27;1-3-11-5-4-8-20(10-11)13-9-12(17)18-15(19-13)23-16(6-7-16)14(21)22-2;1-15-7(14)9(2-3-9)16-8-12-5(10)4-6(11)13-8;1-12(10,11)5-8-3(6)2-4(7)9-5;/h7-10,14,17H,4-6,11-13,15H2,1-3H3;6-9,13,16H,3-5,10-12,14H2,1-2H3,(H,26,27);9,11H,3-8,10H2,1-2H3;4H,2-3H2,1H3;2H,1H3;/q;;;;;+1/p-1/t17-;16-;11-;;;/m000.../s1. The second-order valence-corrected chi connectivity index (χ2v) is 31.8. The number of carboxylic acid groups (broad SMARTS) is 1. The smallest absolute Gasteiger partial charge is 0.546 e. The fourth-order valence-corrected chi connectivity index (χ4v) is 14.1. The van der Waals surface area contributed by atoms with Crippen LogP contribution in [0.3, 0.4) is 0 Å². The fourth-order valence-electron chi connectivity index (χ4n) is 12.5. The molecule has 0 N–H and O–H groups in total. The Hall–Kier alpha value is -7.28. The summed E-state index contributed by atoms with van der Waals surface area (Å²) in [5.41, 5.74) is 1.82. The number of piperidine rings is 3. The third-order valence-electron chi connectivity index (χ3n) is 19.6. The number of ether oxygens (including phenoxy) is 7. The number of hydrogen-bond donors (Lipinski definition) is 0. The van der Waals surface area contributed by atoms with Gasteiger partial charge in [-0.1, -0.05) is 158 Å². The van der Waals surface area contributed by atoms with Crippen LogP contribution in [0.5, 0.6) is 24.0 Å². The van der Waals surface area contributed by atoms with Crippen LogP contribution in [0.25, 0.3) is 22.5 Å². The van der Waals surface area contributed by atoms with Crippen molar-refractivity contribution >= 4 is 109 Å². The molecule has 4 aliphatic carbocycles. The molecular formula is C75H89Cl5N13NaO14S. The number of sulfone groups is 1. The average molecular weight is 1630 g/mol. The van der Waals surface area contributed by atoms with Crippen LogP contribution in [-0.2, 0) is 43.2 Å². The first kappa shape index (κ1) is 85.7. The van der Waals surface area contributed by atoms with Crippen LogP contribution >= 0.6 is 58.0 Å². The Kier molecular flexibility index (Phi) is 29.7. The van der Waals surface area contributed by atoms with Gasteiger partial charge in [-0.15, -0.1) is 0 Å². The van der Waals surface area contributed by atoms with Gasteiger partial charge in [0.05, 0.1) is 38.7 Å². The largest absolute Gasteiger partial charge is 1.00 e. The third-order valence-corrected chi connectivity index (χ3v) is 21.4. The number of aliphatic carboxylic acids is 1. The summed E-state index contributed by atoms with van der Waals surface area (Å²) in [6.07, 6.45) is 16.1. The number of methoxy groups -OCH3 is 3. The van der Waals surface area contributed by atoms with E-state index in [1.807, 2.05) is 43.3 Å². The third kappa shape index (κ3) is 23.4. The van der Waals surface area contributed by atoms with Gasteiger partial charge in [-0.3, -0.25) is 0 Å². The van der Waals surface area contributed by atoms with Gasteiger partial charge in [-0.05, 0) is 83.0 Å². The Labute approximate surface area is 682 Å². The number of carbonyl (C=O) groups excluding carboxylic acids is 4. The SMILES string of the molecule is CC[C@H]1CCCN(c2cc(-c3ccc(C)cc3)nc(OC3(C(=O)OC)CC3)n2)C1.CC[C@H]1CCCN(c2cc(-c3ccc(C)cc3)nc(OC3(C(=O)[O-])CC3)n2)C1.CC[C@H]1CCCN(c2cc(Cl)nc(OC3(C(=O)OC)CC3)n2)C1.COC(=O)C1(Oc2nc(Cl)cc(Cl)n2)CC1.CS(=O)(=O)c1nc(Cl)cc(Cl)n1.[Na+]. The van der Waals surface area contributed by atoms with Gasteiger partial charge in [0.1, 0.15) is 43.2 Å². The zero-order valence-electron chi connectivity index (χ0n) is 62.8. The number of benzene rings is 2. The minimum absolute atomic E-state index is 0. The summed E-state index contributed by atoms with van der Waals surface area (Å²) in [6.45, 7) is 16.5. The van der Waals surface area contributed by atoms with Crippen LogP contribution in [0.15, 0.2) is 84.0 Å². The average Bonchev–Trinajstić information content (AvgIpc) is 1.64. The molecule has 14 rings (SSSR count). The van der Waals surface area contributed by atoms with Gasteiger partial charge in [0.25, 0.3) is 0 Å². The number of aryl methyl sites for hydroxylation is 2. The molecule has 580 valence electrons. The number of carbonyl (C=O) groups is 4. The molecule has 0 spiro atoms. The Morgan fingerprint density at radius 3 is 1.02 bits per heavy atom. The molecule has 0 bridgehead atoms. The second kappa shape index (κ2) is 37.8. The van der Waals surface area contributed by atoms with Gasteiger partial charge in [0.15, 0.2) is 5.60 Å². The van der Waals surface area contributed by atoms with E-state index >= 15 is 0 Å². The Balaban J connectivity index is 0.000000161. The number of hydrogen-bond acceptors (Lipinski definition) is 27. The summed E-state index contributed by atoms with van der Waals surface area (Å²) in [5.74, 6) is 2.06. The number of nitrogens with zero attached hydrogens (tertiary/aromatic N) is 13. The Bertz CT molecular complexity index is 4410. The van der Waals surface area contributed by atoms with Crippen molar-refractivity contribution in [3.63, 3.8) is 0 Å². The van der Waals surface area contributed by atoms with E-state index in [2.05, 4.69) is 116 Å². The minimum Gasteiger partial charge on any atom is -0.546 e. The molecule has 3 atom stereocenters. The van der Waals surface area contributed by atoms with Crippen LogP contribution in [0.2, 0.25) is 25.8 Å². The van der Waals surface area contributed by atoms with Crippen molar-refractivity contribution in [2.45, 2.75) is 171 Å². The molecule has 8 heterocycles. The second-order valence-electron chi connectivity index (χ2n) is 28.0. The van der Waals surface area contributed by atoms with Crippen LogP contribution in [0.4, 0.5) is 17.5 Å². The Morgan fingerprint density at radius 1 is 0.440 bits per heavy atom. The first-order chi connectivity index (χ1) is 51.5. The first-order valence-corrected chi connectivity index (χ1v) is 39.9. The van der Waals surface area contributed by atoms with Gasteiger partial charge in [-0.25, -0.2) is 32.8 Å². The number of esters is 3. The number of aromatic nitrogens is 10. The van der Waals surface area contributed by atoms with Crippen molar-refractivity contribution in [3.05, 3.63) is 116 Å². The fraction of sp³-hybridized carbons (Fsp3) is 0.520. The van der Waals surface area contributed by atoms with Crippen LogP contribution in [-0.4, -0.2) is 171 Å². The molecule has 0 radical (unpaired) electrons. The van der Waals surface area contributed by atoms with Crippen LogP contribution in [0.1, 0.15) is 141 Å². The molecule has 34 heteroatoms. The van der Waals surface area contributed by atoms with Crippen molar-refractivity contribution in [1.29, 1.82) is 0 Å². The van der Waals surface area contributed by atoms with Crippen LogP contribution in [0, 0.1) is 31.6 Å². The van der Waals surface area contributed by atoms with E-state index in [-0.39, 0.29) is 91.3 Å². The predicted octanol–water partition coefficient (Wildman–Crippen LogP) is 9.80. The molecule has 7 aromatic rings. The van der Waals surface area contributed by atoms with Gasteiger partial charge >= 0.3 is 71.5 Å². The molecular weight excluding hydrogens is 1540 g/mol. The van der Waals surface area contributed by atoms with E-state index in [1.54, 1.807) is 6.07 Å². The molecule has 0 unspecified atom stereocenters. The van der Waals surface area contributed by atoms with E-state index in [0.29, 0.717) is 74.3 Å². The number of halogens is 5. The van der Waals surface area contributed by atoms with Gasteiger partial charge < -0.3 is 57.8 Å². The van der Waals surface area contributed by atoms with Gasteiger partial charge in [-0.2, -0.15) is 39.9 Å². The topological polar surface area (TPSA) is 329 Å². The van der Waals surface area contributed by atoms with Crippen molar-refractivity contribution in [2.75, 3.05) is 81.6 Å². The summed E-state index contributed by atoms with van der Waals surface area (Å²) in [4.78, 5) is 95.2. The Morgan fingerprint density at radius 2 is 0.725 bits per heavy atom. The van der Waals surface area contributed by atoms with Crippen molar-refractivity contribution in [2.24, 2.45) is 17.8 Å². The normalized spacial score (nSPS) is 19.2. The molecule has 27 nitrogen and oxygen atoms in total. The molecule has 5 aromatic heterocycles. The van der Waals surface area contributed by atoms with E-state index in [4.69, 9.17) is 91.4 Å². The molecule has 3 saturated heterocycles. The molecule has 3 aliphatic heterocycles. The maximum atomic E-state index is 12.1. The number of carboxylic acids is 1. The summed E-state index contributed by atoms with van der Waals surface area (Å²) < 4.78 is 59.0. The summed E-state index contributed by atoms with van der Waals surface area (Å²) in [5, 5.41) is 11.8. The van der Waals surface area contributed by atoms with Crippen molar-refractivity contribution in [3.8, 4) is 46.6 Å². The molecule has 4 saturated carbocycles. The van der Waals surface area contributed by atoms with E-state index in [1.165, 1.54) is 70.3 Å². The maximum absolute atomic E-state index is 12.1. The maximum Gasteiger partial charge on any atom is 1.00 e. The predicted molar refractivity (Wildman–Crippen MR) is 406 cm³/mol. The monoisotopic (exact) mass is 1630 g/mol. The minimum atomic E-state index is -3.44. The summed E-state index contributed by atoms with van der Waals surface area (Å²) >= 11 is 28.4. The molecule has 109 heavy (non-hydrogen) atoms. The number of anilines is 3. The zero-order chi connectivity index (χ0) is 77.7. The van der Waals surface area contributed by atoms with E-state index in [9.17, 15) is 32.7 Å². The zero-order valence-corrected chi connectivity index (χ0v) is 69.4. The van der Waals surface area contributed by atoms with Crippen molar-refractivity contribution < 1.29 is 95.4 Å². The van der Waals surface area contributed by atoms with E-state index < -0.39 is 44.2 Å². The molecule has 0 amide bonds.